The molecule has 7 aromatic carbocycles. The lowest BCUT2D eigenvalue weighted by Gasteiger charge is -2.19. The fraction of sp³-hybridized carbons (Fsp3) is 0. The van der Waals surface area contributed by atoms with Gasteiger partial charge in [0.2, 0.25) is 0 Å². The summed E-state index contributed by atoms with van der Waals surface area (Å²) in [7, 11) is 0. The number of fused-ring (bicyclic) bond motifs is 6. The molecule has 9 rings (SSSR count). The molecule has 2 aromatic heterocycles. The van der Waals surface area contributed by atoms with E-state index < -0.39 is 0 Å². The molecule has 0 saturated carbocycles. The molecule has 0 amide bonds. The van der Waals surface area contributed by atoms with E-state index in [0.717, 1.165) is 77.2 Å². The van der Waals surface area contributed by atoms with Crippen LogP contribution in [-0.4, -0.2) is 9.13 Å². The lowest BCUT2D eigenvalue weighted by Crippen LogP contribution is -2.01. The first-order chi connectivity index (χ1) is 24.7. The van der Waals surface area contributed by atoms with Crippen molar-refractivity contribution >= 4 is 43.6 Å². The molecule has 0 bridgehead atoms. The van der Waals surface area contributed by atoms with E-state index in [1.54, 1.807) is 0 Å². The van der Waals surface area contributed by atoms with Gasteiger partial charge in [-0.1, -0.05) is 91.0 Å². The summed E-state index contributed by atoms with van der Waals surface area (Å²) in [6.07, 6.45) is 0. The van der Waals surface area contributed by atoms with Crippen LogP contribution in [0.2, 0.25) is 0 Å². The number of rotatable bonds is 4. The topological polar surface area (TPSA) is 81.2 Å². The number of hydrogen-bond donors (Lipinski definition) is 0. The van der Waals surface area contributed by atoms with Crippen molar-refractivity contribution in [2.75, 3.05) is 0 Å². The van der Waals surface area contributed by atoms with Gasteiger partial charge >= 0.3 is 0 Å². The summed E-state index contributed by atoms with van der Waals surface area (Å²) in [5, 5.41) is 34.9. The number of para-hydroxylation sites is 4. The first-order valence-electron chi connectivity index (χ1n) is 16.3. The highest BCUT2D eigenvalue weighted by Gasteiger charge is 2.21. The second kappa shape index (κ2) is 11.4. The largest absolute Gasteiger partial charge is 0.309 e. The van der Waals surface area contributed by atoms with Crippen LogP contribution in [0.4, 0.5) is 0 Å². The SMILES string of the molecule is N#Cc1ccc2c(c1)c1ccccc1n2-c1ccccc1-c1cccc(C#N)c1-c1ccc(C#N)c(-n2c3ccccc3c3ccccc32)c1. The van der Waals surface area contributed by atoms with Gasteiger partial charge in [0.15, 0.2) is 0 Å². The van der Waals surface area contributed by atoms with Crippen molar-refractivity contribution in [2.45, 2.75) is 0 Å². The van der Waals surface area contributed by atoms with E-state index in [9.17, 15) is 15.8 Å². The van der Waals surface area contributed by atoms with Gasteiger partial charge in [-0.3, -0.25) is 0 Å². The molecule has 0 unspecified atom stereocenters. The molecule has 0 fully saturated rings. The van der Waals surface area contributed by atoms with Crippen molar-refractivity contribution in [3.8, 4) is 51.8 Å². The average Bonchev–Trinajstić information content (AvgIpc) is 3.69. The minimum Gasteiger partial charge on any atom is -0.309 e. The van der Waals surface area contributed by atoms with Gasteiger partial charge in [0, 0.05) is 32.7 Å². The normalized spacial score (nSPS) is 11.1. The molecule has 0 aliphatic carbocycles. The van der Waals surface area contributed by atoms with Gasteiger partial charge in [-0.05, 0) is 71.8 Å². The number of nitrogens with zero attached hydrogens (tertiary/aromatic N) is 5. The second-order valence-electron chi connectivity index (χ2n) is 12.3. The van der Waals surface area contributed by atoms with Crippen LogP contribution in [0, 0.1) is 34.0 Å². The highest BCUT2D eigenvalue weighted by Crippen LogP contribution is 2.42. The summed E-state index contributed by atoms with van der Waals surface area (Å²) in [5.74, 6) is 0. The molecule has 230 valence electrons. The van der Waals surface area contributed by atoms with Gasteiger partial charge in [0.05, 0.1) is 62.3 Å². The van der Waals surface area contributed by atoms with Gasteiger partial charge < -0.3 is 9.13 Å². The third-order valence-corrected chi connectivity index (χ3v) is 9.65. The number of benzene rings is 7. The highest BCUT2D eigenvalue weighted by atomic mass is 15.0. The van der Waals surface area contributed by atoms with E-state index in [-0.39, 0.29) is 0 Å². The molecule has 2 heterocycles. The Morgan fingerprint density at radius 2 is 0.940 bits per heavy atom. The fourth-order valence-electron chi connectivity index (χ4n) is 7.53. The minimum absolute atomic E-state index is 0.538. The van der Waals surface area contributed by atoms with Crippen LogP contribution in [-0.2, 0) is 0 Å². The van der Waals surface area contributed by atoms with Crippen LogP contribution < -0.4 is 0 Å². The van der Waals surface area contributed by atoms with Gasteiger partial charge in [0.25, 0.3) is 0 Å². The summed E-state index contributed by atoms with van der Waals surface area (Å²) in [5.41, 5.74) is 10.9. The molecule has 0 radical (unpaired) electrons. The molecular formula is C45H25N5. The van der Waals surface area contributed by atoms with Crippen molar-refractivity contribution in [3.63, 3.8) is 0 Å². The van der Waals surface area contributed by atoms with Gasteiger partial charge in [-0.2, -0.15) is 15.8 Å². The Kier molecular flexibility index (Phi) is 6.56. The maximum Gasteiger partial charge on any atom is 0.101 e. The summed E-state index contributed by atoms with van der Waals surface area (Å²) < 4.78 is 4.40. The summed E-state index contributed by atoms with van der Waals surface area (Å²) in [6, 6.07) is 57.7. The van der Waals surface area contributed by atoms with Gasteiger partial charge in [0.1, 0.15) is 6.07 Å². The van der Waals surface area contributed by atoms with Crippen molar-refractivity contribution in [2.24, 2.45) is 0 Å². The summed E-state index contributed by atoms with van der Waals surface area (Å²) in [6.45, 7) is 0. The summed E-state index contributed by atoms with van der Waals surface area (Å²) >= 11 is 0. The van der Waals surface area contributed by atoms with Crippen LogP contribution >= 0.6 is 0 Å². The number of hydrogen-bond acceptors (Lipinski definition) is 3. The standard InChI is InChI=1S/C45H25N5/c46-26-29-20-23-43-38(24-29)36-14-4-8-19-42(36)49(43)41-18-7-3-13-35(41)37-15-9-10-32(28-48)45(37)30-21-22-31(27-47)44(25-30)50-39-16-5-1-11-33(39)34-12-2-6-17-40(34)50/h1-25H. The average molecular weight is 636 g/mol. The highest BCUT2D eigenvalue weighted by molar-refractivity contribution is 6.11. The quantitative estimate of drug-likeness (QED) is 0.193. The molecule has 0 aliphatic heterocycles. The molecule has 50 heavy (non-hydrogen) atoms. The predicted molar refractivity (Wildman–Crippen MR) is 200 cm³/mol. The van der Waals surface area contributed by atoms with E-state index >= 15 is 0 Å². The Balaban J connectivity index is 1.33. The van der Waals surface area contributed by atoms with E-state index in [4.69, 9.17) is 0 Å². The molecule has 5 heteroatoms. The van der Waals surface area contributed by atoms with Crippen LogP contribution in [0.5, 0.6) is 0 Å². The van der Waals surface area contributed by atoms with Crippen molar-refractivity contribution in [3.05, 3.63) is 168 Å². The Morgan fingerprint density at radius 3 is 1.60 bits per heavy atom. The molecule has 9 aromatic rings. The van der Waals surface area contributed by atoms with Crippen molar-refractivity contribution < 1.29 is 0 Å². The molecule has 5 nitrogen and oxygen atoms in total. The maximum atomic E-state index is 10.5. The Labute approximate surface area is 287 Å². The molecule has 0 N–H and O–H groups in total. The van der Waals surface area contributed by atoms with Crippen LogP contribution in [0.1, 0.15) is 16.7 Å². The van der Waals surface area contributed by atoms with Gasteiger partial charge in [-0.25, -0.2) is 0 Å². The van der Waals surface area contributed by atoms with Gasteiger partial charge in [-0.15, -0.1) is 0 Å². The van der Waals surface area contributed by atoms with Crippen LogP contribution in [0.15, 0.2) is 152 Å². The predicted octanol–water partition coefficient (Wildman–Crippen LogP) is 10.8. The molecular weight excluding hydrogens is 611 g/mol. The molecule has 0 aliphatic rings. The van der Waals surface area contributed by atoms with Crippen LogP contribution in [0.25, 0.3) is 77.2 Å². The lowest BCUT2D eigenvalue weighted by molar-refractivity contribution is 1.17. The zero-order valence-electron chi connectivity index (χ0n) is 26.7. The van der Waals surface area contributed by atoms with E-state index in [2.05, 4.69) is 81.9 Å². The van der Waals surface area contributed by atoms with E-state index in [0.29, 0.717) is 16.7 Å². The minimum atomic E-state index is 0.538. The smallest absolute Gasteiger partial charge is 0.101 e. The molecule has 0 saturated heterocycles. The maximum absolute atomic E-state index is 10.5. The Morgan fingerprint density at radius 1 is 0.380 bits per heavy atom. The fourth-order valence-corrected chi connectivity index (χ4v) is 7.53. The first kappa shape index (κ1) is 28.8. The second-order valence-corrected chi connectivity index (χ2v) is 12.3. The number of nitriles is 3. The third kappa shape index (κ3) is 4.24. The Hall–Kier alpha value is -7.39. The van der Waals surface area contributed by atoms with E-state index in [1.165, 1.54) is 0 Å². The van der Waals surface area contributed by atoms with Crippen LogP contribution in [0.3, 0.4) is 0 Å². The summed E-state index contributed by atoms with van der Waals surface area (Å²) in [4.78, 5) is 0. The molecule has 0 atom stereocenters. The van der Waals surface area contributed by atoms with E-state index in [1.807, 2.05) is 97.1 Å². The molecule has 0 spiro atoms. The van der Waals surface area contributed by atoms with Crippen molar-refractivity contribution in [1.82, 2.24) is 9.13 Å². The zero-order chi connectivity index (χ0) is 33.8. The first-order valence-corrected chi connectivity index (χ1v) is 16.3. The monoisotopic (exact) mass is 635 g/mol. The number of aromatic nitrogens is 2. The zero-order valence-corrected chi connectivity index (χ0v) is 26.7. The van der Waals surface area contributed by atoms with Crippen molar-refractivity contribution in [1.29, 1.82) is 15.8 Å². The lowest BCUT2D eigenvalue weighted by atomic mass is 9.89. The Bertz CT molecular complexity index is 2920. The third-order valence-electron chi connectivity index (χ3n) is 9.65.